The smallest absolute Gasteiger partial charge is 0.228 e. The van der Waals surface area contributed by atoms with E-state index >= 15 is 0 Å². The molecule has 0 bridgehead atoms. The van der Waals surface area contributed by atoms with Gasteiger partial charge in [0.1, 0.15) is 5.75 Å². The molecule has 0 aromatic heterocycles. The lowest BCUT2D eigenvalue weighted by Gasteiger charge is -2.22. The average molecular weight is 262 g/mol. The van der Waals surface area contributed by atoms with Gasteiger partial charge in [0.15, 0.2) is 0 Å². The average Bonchev–Trinajstić information content (AvgIpc) is 2.69. The molecule has 1 atom stereocenters. The highest BCUT2D eigenvalue weighted by molar-refractivity contribution is 5.98. The zero-order valence-electron chi connectivity index (χ0n) is 12.1. The monoisotopic (exact) mass is 262 g/mol. The van der Waals surface area contributed by atoms with Crippen LogP contribution in [0.3, 0.4) is 0 Å². The van der Waals surface area contributed by atoms with Gasteiger partial charge in [0.2, 0.25) is 5.91 Å². The van der Waals surface area contributed by atoms with Crippen LogP contribution in [0.25, 0.3) is 0 Å². The molecule has 0 radical (unpaired) electrons. The quantitative estimate of drug-likeness (QED) is 0.902. The Morgan fingerprint density at radius 1 is 1.42 bits per heavy atom. The Bertz CT molecular complexity index is 485. The summed E-state index contributed by atoms with van der Waals surface area (Å²) < 4.78 is 5.45. The first kappa shape index (κ1) is 13.9. The van der Waals surface area contributed by atoms with Crippen LogP contribution in [-0.4, -0.2) is 32.1 Å². The van der Waals surface area contributed by atoms with E-state index in [0.29, 0.717) is 13.0 Å². The first-order valence-electron chi connectivity index (χ1n) is 6.75. The van der Waals surface area contributed by atoms with Crippen molar-refractivity contribution in [3.05, 3.63) is 23.3 Å². The maximum Gasteiger partial charge on any atom is 0.228 e. The van der Waals surface area contributed by atoms with Crippen LogP contribution in [-0.2, 0) is 4.79 Å². The Kier molecular flexibility index (Phi) is 4.10. The lowest BCUT2D eigenvalue weighted by Crippen LogP contribution is -2.33. The van der Waals surface area contributed by atoms with Crippen molar-refractivity contribution in [1.82, 2.24) is 5.32 Å². The number of carbonyl (C=O) groups excluding carboxylic acids is 1. The summed E-state index contributed by atoms with van der Waals surface area (Å²) >= 11 is 0. The number of ether oxygens (including phenoxy) is 1. The predicted octanol–water partition coefficient (Wildman–Crippen LogP) is 2.03. The van der Waals surface area contributed by atoms with Gasteiger partial charge >= 0.3 is 0 Å². The van der Waals surface area contributed by atoms with Gasteiger partial charge < -0.3 is 15.0 Å². The minimum Gasteiger partial charge on any atom is -0.495 e. The van der Waals surface area contributed by atoms with E-state index in [2.05, 4.69) is 18.3 Å². The molecule has 1 aromatic rings. The number of aryl methyl sites for hydroxylation is 2. The number of rotatable bonds is 4. The van der Waals surface area contributed by atoms with Crippen molar-refractivity contribution in [2.24, 2.45) is 0 Å². The minimum atomic E-state index is 0.163. The van der Waals surface area contributed by atoms with Gasteiger partial charge in [0.05, 0.1) is 12.8 Å². The van der Waals surface area contributed by atoms with Crippen LogP contribution in [0.2, 0.25) is 0 Å². The van der Waals surface area contributed by atoms with E-state index in [1.54, 1.807) is 7.11 Å². The molecule has 19 heavy (non-hydrogen) atoms. The van der Waals surface area contributed by atoms with Crippen LogP contribution >= 0.6 is 0 Å². The van der Waals surface area contributed by atoms with Gasteiger partial charge in [-0.2, -0.15) is 0 Å². The number of likely N-dealkylation sites (N-methyl/N-ethyl adjacent to an activating group) is 1. The number of benzene rings is 1. The standard InChI is InChI=1S/C15H22N2O2/c1-5-16-12-8-14(18)17(9-12)15-11(3)6-10(2)7-13(15)19-4/h6-7,12,16H,5,8-9H2,1-4H3. The third kappa shape index (κ3) is 2.73. The van der Waals surface area contributed by atoms with Gasteiger partial charge in [-0.1, -0.05) is 13.0 Å². The first-order valence-corrected chi connectivity index (χ1v) is 6.75. The Hall–Kier alpha value is -1.55. The number of hydrogen-bond acceptors (Lipinski definition) is 3. The van der Waals surface area contributed by atoms with E-state index in [9.17, 15) is 4.79 Å². The van der Waals surface area contributed by atoms with Crippen LogP contribution in [0.4, 0.5) is 5.69 Å². The highest BCUT2D eigenvalue weighted by Gasteiger charge is 2.32. The summed E-state index contributed by atoms with van der Waals surface area (Å²) in [5.74, 6) is 0.944. The van der Waals surface area contributed by atoms with E-state index in [1.807, 2.05) is 24.8 Å². The van der Waals surface area contributed by atoms with Crippen molar-refractivity contribution >= 4 is 11.6 Å². The Morgan fingerprint density at radius 3 is 2.79 bits per heavy atom. The fourth-order valence-electron chi connectivity index (χ4n) is 2.77. The molecule has 1 heterocycles. The third-order valence-corrected chi connectivity index (χ3v) is 3.52. The Balaban J connectivity index is 2.34. The van der Waals surface area contributed by atoms with Crippen LogP contribution in [0, 0.1) is 13.8 Å². The molecule has 1 fully saturated rings. The van der Waals surface area contributed by atoms with E-state index in [-0.39, 0.29) is 11.9 Å². The number of nitrogens with one attached hydrogen (secondary N) is 1. The molecule has 0 saturated carbocycles. The van der Waals surface area contributed by atoms with E-state index < -0.39 is 0 Å². The molecular formula is C15H22N2O2. The second-order valence-electron chi connectivity index (χ2n) is 5.10. The summed E-state index contributed by atoms with van der Waals surface area (Å²) in [5, 5.41) is 3.34. The summed E-state index contributed by atoms with van der Waals surface area (Å²) in [6, 6.07) is 4.31. The molecular weight excluding hydrogens is 240 g/mol. The van der Waals surface area contributed by atoms with Gasteiger partial charge in [-0.25, -0.2) is 0 Å². The molecule has 104 valence electrons. The molecule has 0 aliphatic carbocycles. The van der Waals surface area contributed by atoms with Gasteiger partial charge in [-0.15, -0.1) is 0 Å². The minimum absolute atomic E-state index is 0.163. The predicted molar refractivity (Wildman–Crippen MR) is 76.9 cm³/mol. The molecule has 4 nitrogen and oxygen atoms in total. The second-order valence-corrected chi connectivity index (χ2v) is 5.10. The summed E-state index contributed by atoms with van der Waals surface area (Å²) in [7, 11) is 1.65. The largest absolute Gasteiger partial charge is 0.495 e. The molecule has 1 aliphatic rings. The SMILES string of the molecule is CCNC1CC(=O)N(c2c(C)cc(C)cc2OC)C1. The van der Waals surface area contributed by atoms with Crippen LogP contribution < -0.4 is 15.0 Å². The lowest BCUT2D eigenvalue weighted by molar-refractivity contribution is -0.117. The summed E-state index contributed by atoms with van der Waals surface area (Å²) in [6.45, 7) is 7.72. The van der Waals surface area contributed by atoms with Crippen molar-refractivity contribution in [3.63, 3.8) is 0 Å². The maximum absolute atomic E-state index is 12.2. The second kappa shape index (κ2) is 5.61. The molecule has 2 rings (SSSR count). The Labute approximate surface area is 114 Å². The molecule has 1 N–H and O–H groups in total. The van der Waals surface area contributed by atoms with E-state index in [4.69, 9.17) is 4.74 Å². The van der Waals surface area contributed by atoms with Crippen molar-refractivity contribution in [2.75, 3.05) is 25.1 Å². The molecule has 1 unspecified atom stereocenters. The van der Waals surface area contributed by atoms with Crippen molar-refractivity contribution in [1.29, 1.82) is 0 Å². The van der Waals surface area contributed by atoms with Crippen molar-refractivity contribution in [2.45, 2.75) is 33.2 Å². The topological polar surface area (TPSA) is 41.6 Å². The van der Waals surface area contributed by atoms with E-state index in [0.717, 1.165) is 29.1 Å². The van der Waals surface area contributed by atoms with Crippen LogP contribution in [0.15, 0.2) is 12.1 Å². The fraction of sp³-hybridized carbons (Fsp3) is 0.533. The van der Waals surface area contributed by atoms with Gasteiger partial charge in [0, 0.05) is 19.0 Å². The van der Waals surface area contributed by atoms with Gasteiger partial charge in [-0.3, -0.25) is 4.79 Å². The fourth-order valence-corrected chi connectivity index (χ4v) is 2.77. The summed E-state index contributed by atoms with van der Waals surface area (Å²) in [4.78, 5) is 14.0. The van der Waals surface area contributed by atoms with E-state index in [1.165, 1.54) is 0 Å². The zero-order valence-corrected chi connectivity index (χ0v) is 12.1. The van der Waals surface area contributed by atoms with Crippen molar-refractivity contribution in [3.8, 4) is 5.75 Å². The lowest BCUT2D eigenvalue weighted by atomic mass is 10.1. The number of methoxy groups -OCH3 is 1. The highest BCUT2D eigenvalue weighted by atomic mass is 16.5. The van der Waals surface area contributed by atoms with Crippen LogP contribution in [0.5, 0.6) is 5.75 Å². The number of hydrogen-bond donors (Lipinski definition) is 1. The third-order valence-electron chi connectivity index (χ3n) is 3.52. The van der Waals surface area contributed by atoms with Crippen LogP contribution in [0.1, 0.15) is 24.5 Å². The summed E-state index contributed by atoms with van der Waals surface area (Å²) in [5.41, 5.74) is 3.15. The molecule has 4 heteroatoms. The van der Waals surface area contributed by atoms with Gasteiger partial charge in [-0.05, 0) is 37.6 Å². The van der Waals surface area contributed by atoms with Gasteiger partial charge in [0.25, 0.3) is 0 Å². The molecule has 1 saturated heterocycles. The molecule has 1 aliphatic heterocycles. The molecule has 0 spiro atoms. The zero-order chi connectivity index (χ0) is 14.0. The first-order chi connectivity index (χ1) is 9.06. The normalized spacial score (nSPS) is 19.1. The number of nitrogens with zero attached hydrogens (tertiary/aromatic N) is 1. The van der Waals surface area contributed by atoms with Crippen molar-refractivity contribution < 1.29 is 9.53 Å². The summed E-state index contributed by atoms with van der Waals surface area (Å²) in [6.07, 6.45) is 0.560. The number of carbonyl (C=O) groups is 1. The molecule has 1 aromatic carbocycles. The molecule has 1 amide bonds. The number of anilines is 1. The Morgan fingerprint density at radius 2 is 2.16 bits per heavy atom. The number of amides is 1. The maximum atomic E-state index is 12.2. The highest BCUT2D eigenvalue weighted by Crippen LogP contribution is 2.35.